The van der Waals surface area contributed by atoms with Crippen molar-refractivity contribution in [2.24, 2.45) is 0 Å². The SMILES string of the molecule is Cc1cccc[n+]1CCCCCCCCc1ccccc1.[Br-]. The Kier molecular flexibility index (Phi) is 9.81. The Morgan fingerprint density at radius 3 is 2.09 bits per heavy atom. The van der Waals surface area contributed by atoms with Crippen LogP contribution in [0.15, 0.2) is 54.7 Å². The normalized spacial score (nSPS) is 10.2. The van der Waals surface area contributed by atoms with Gasteiger partial charge < -0.3 is 17.0 Å². The molecule has 0 atom stereocenters. The fourth-order valence-corrected chi connectivity index (χ4v) is 2.78. The van der Waals surface area contributed by atoms with Gasteiger partial charge >= 0.3 is 0 Å². The van der Waals surface area contributed by atoms with Crippen LogP contribution in [0.3, 0.4) is 0 Å². The zero-order valence-corrected chi connectivity index (χ0v) is 15.3. The van der Waals surface area contributed by atoms with Gasteiger partial charge in [-0.3, -0.25) is 0 Å². The molecule has 0 unspecified atom stereocenters. The van der Waals surface area contributed by atoms with Crippen LogP contribution in [0.1, 0.15) is 49.8 Å². The molecule has 0 saturated carbocycles. The fourth-order valence-electron chi connectivity index (χ4n) is 2.78. The van der Waals surface area contributed by atoms with Crippen LogP contribution >= 0.6 is 0 Å². The fraction of sp³-hybridized carbons (Fsp3) is 0.450. The summed E-state index contributed by atoms with van der Waals surface area (Å²) < 4.78 is 2.36. The number of aromatic nitrogens is 1. The van der Waals surface area contributed by atoms with E-state index in [4.69, 9.17) is 0 Å². The summed E-state index contributed by atoms with van der Waals surface area (Å²) in [5, 5.41) is 0. The number of hydrogen-bond acceptors (Lipinski definition) is 0. The summed E-state index contributed by atoms with van der Waals surface area (Å²) >= 11 is 0. The van der Waals surface area contributed by atoms with E-state index in [-0.39, 0.29) is 17.0 Å². The molecule has 0 aliphatic heterocycles. The third-order valence-electron chi connectivity index (χ3n) is 4.12. The van der Waals surface area contributed by atoms with Crippen molar-refractivity contribution in [2.75, 3.05) is 0 Å². The molecule has 2 heteroatoms. The maximum atomic E-state index is 2.36. The van der Waals surface area contributed by atoms with Crippen molar-refractivity contribution in [3.05, 3.63) is 66.0 Å². The van der Waals surface area contributed by atoms with Gasteiger partial charge in [-0.2, -0.15) is 0 Å². The Hall–Kier alpha value is -1.15. The molecular formula is C20H28BrN. The molecule has 120 valence electrons. The van der Waals surface area contributed by atoms with Crippen LogP contribution in [-0.2, 0) is 13.0 Å². The van der Waals surface area contributed by atoms with Crippen LogP contribution in [0.4, 0.5) is 0 Å². The molecule has 0 amide bonds. The van der Waals surface area contributed by atoms with Gasteiger partial charge in [0.15, 0.2) is 11.9 Å². The minimum absolute atomic E-state index is 0. The Labute approximate surface area is 146 Å². The second kappa shape index (κ2) is 11.4. The van der Waals surface area contributed by atoms with E-state index in [2.05, 4.69) is 66.2 Å². The van der Waals surface area contributed by atoms with Crippen LogP contribution in [0.2, 0.25) is 0 Å². The molecule has 0 saturated heterocycles. The molecule has 0 bridgehead atoms. The number of hydrogen-bond donors (Lipinski definition) is 0. The standard InChI is InChI=1S/C20H28N.BrH/c1-19-13-10-12-18-21(19)17-11-5-3-2-4-7-14-20-15-8-6-9-16-20;/h6,8-10,12-13,15-16,18H,2-5,7,11,14,17H2,1H3;1H/q+1;/p-1. The van der Waals surface area contributed by atoms with Crippen molar-refractivity contribution >= 4 is 0 Å². The average molecular weight is 362 g/mol. The van der Waals surface area contributed by atoms with Crippen molar-refractivity contribution in [2.45, 2.75) is 58.4 Å². The van der Waals surface area contributed by atoms with Gasteiger partial charge in [0.1, 0.15) is 6.54 Å². The van der Waals surface area contributed by atoms with Crippen LogP contribution in [0.25, 0.3) is 0 Å². The number of rotatable bonds is 9. The van der Waals surface area contributed by atoms with Gasteiger partial charge in [-0.1, -0.05) is 55.7 Å². The van der Waals surface area contributed by atoms with Crippen molar-refractivity contribution in [3.63, 3.8) is 0 Å². The third kappa shape index (κ3) is 7.22. The lowest BCUT2D eigenvalue weighted by Crippen LogP contribution is -3.00. The number of unbranched alkanes of at least 4 members (excludes halogenated alkanes) is 5. The molecule has 22 heavy (non-hydrogen) atoms. The van der Waals surface area contributed by atoms with E-state index in [1.54, 1.807) is 0 Å². The van der Waals surface area contributed by atoms with E-state index < -0.39 is 0 Å². The molecule has 0 spiro atoms. The predicted octanol–water partition coefficient (Wildman–Crippen LogP) is 1.87. The molecule has 0 aliphatic rings. The van der Waals surface area contributed by atoms with Gasteiger partial charge in [0.2, 0.25) is 0 Å². The summed E-state index contributed by atoms with van der Waals surface area (Å²) in [4.78, 5) is 0. The first-order valence-electron chi connectivity index (χ1n) is 8.35. The van der Waals surface area contributed by atoms with Crippen molar-refractivity contribution in [3.8, 4) is 0 Å². The van der Waals surface area contributed by atoms with Crippen LogP contribution in [0, 0.1) is 6.92 Å². The van der Waals surface area contributed by atoms with Crippen LogP contribution in [-0.4, -0.2) is 0 Å². The summed E-state index contributed by atoms with van der Waals surface area (Å²) in [6.45, 7) is 3.35. The van der Waals surface area contributed by atoms with E-state index in [0.717, 1.165) is 6.54 Å². The molecule has 2 aromatic rings. The Balaban J connectivity index is 0.00000242. The number of aryl methyl sites for hydroxylation is 3. The van der Waals surface area contributed by atoms with Crippen LogP contribution < -0.4 is 21.5 Å². The van der Waals surface area contributed by atoms with E-state index in [9.17, 15) is 0 Å². The smallest absolute Gasteiger partial charge is 0.178 e. The van der Waals surface area contributed by atoms with Crippen molar-refractivity contribution in [1.82, 2.24) is 0 Å². The van der Waals surface area contributed by atoms with Crippen LogP contribution in [0.5, 0.6) is 0 Å². The molecular weight excluding hydrogens is 334 g/mol. The lowest BCUT2D eigenvalue weighted by atomic mass is 10.0. The number of nitrogens with zero attached hydrogens (tertiary/aromatic N) is 1. The van der Waals surface area contributed by atoms with E-state index in [0.29, 0.717) is 0 Å². The first-order valence-corrected chi connectivity index (χ1v) is 8.35. The summed E-state index contributed by atoms with van der Waals surface area (Å²) in [6.07, 6.45) is 11.5. The lowest BCUT2D eigenvalue weighted by molar-refractivity contribution is -0.703. The summed E-state index contributed by atoms with van der Waals surface area (Å²) in [5.41, 5.74) is 2.84. The van der Waals surface area contributed by atoms with Crippen molar-refractivity contribution in [1.29, 1.82) is 0 Å². The van der Waals surface area contributed by atoms with E-state index in [1.807, 2.05) is 0 Å². The number of halogens is 1. The Morgan fingerprint density at radius 2 is 1.36 bits per heavy atom. The molecule has 0 N–H and O–H groups in total. The monoisotopic (exact) mass is 361 g/mol. The van der Waals surface area contributed by atoms with Gasteiger partial charge in [-0.25, -0.2) is 4.57 Å². The number of benzene rings is 1. The highest BCUT2D eigenvalue weighted by Crippen LogP contribution is 2.09. The highest BCUT2D eigenvalue weighted by atomic mass is 79.9. The zero-order valence-electron chi connectivity index (χ0n) is 13.7. The Bertz CT molecular complexity index is 510. The molecule has 0 radical (unpaired) electrons. The second-order valence-corrected chi connectivity index (χ2v) is 5.89. The van der Waals surface area contributed by atoms with Gasteiger partial charge in [0.05, 0.1) is 0 Å². The first-order chi connectivity index (χ1) is 10.4. The van der Waals surface area contributed by atoms with Gasteiger partial charge in [-0.05, 0) is 24.8 Å². The second-order valence-electron chi connectivity index (χ2n) is 5.89. The first kappa shape index (κ1) is 18.9. The molecule has 0 aliphatic carbocycles. The topological polar surface area (TPSA) is 3.88 Å². The summed E-state index contributed by atoms with van der Waals surface area (Å²) in [5.74, 6) is 0. The molecule has 1 nitrogen and oxygen atoms in total. The molecule has 1 heterocycles. The minimum atomic E-state index is 0. The van der Waals surface area contributed by atoms with Crippen molar-refractivity contribution < 1.29 is 21.5 Å². The minimum Gasteiger partial charge on any atom is -1.00 e. The highest BCUT2D eigenvalue weighted by molar-refractivity contribution is 5.14. The largest absolute Gasteiger partial charge is 1.00 e. The van der Waals surface area contributed by atoms with Gasteiger partial charge in [0, 0.05) is 25.5 Å². The summed E-state index contributed by atoms with van der Waals surface area (Å²) in [7, 11) is 0. The van der Waals surface area contributed by atoms with E-state index >= 15 is 0 Å². The lowest BCUT2D eigenvalue weighted by Gasteiger charge is -2.03. The summed E-state index contributed by atoms with van der Waals surface area (Å²) in [6, 6.07) is 17.3. The third-order valence-corrected chi connectivity index (χ3v) is 4.12. The average Bonchev–Trinajstić information content (AvgIpc) is 2.52. The molecule has 2 rings (SSSR count). The number of pyridine rings is 1. The maximum Gasteiger partial charge on any atom is 0.178 e. The molecule has 0 fully saturated rings. The van der Waals surface area contributed by atoms with Gasteiger partial charge in [-0.15, -0.1) is 0 Å². The maximum absolute atomic E-state index is 2.36. The van der Waals surface area contributed by atoms with E-state index in [1.165, 1.54) is 56.2 Å². The quantitative estimate of drug-likeness (QED) is 0.474. The highest BCUT2D eigenvalue weighted by Gasteiger charge is 2.03. The van der Waals surface area contributed by atoms with Gasteiger partial charge in [0.25, 0.3) is 0 Å². The predicted molar refractivity (Wildman–Crippen MR) is 89.2 cm³/mol. The zero-order chi connectivity index (χ0) is 14.8. The molecule has 1 aromatic heterocycles. The molecule has 1 aromatic carbocycles. The Morgan fingerprint density at radius 1 is 0.727 bits per heavy atom.